The first-order chi connectivity index (χ1) is 17.2. The van der Waals surface area contributed by atoms with E-state index in [4.69, 9.17) is 9.72 Å². The fourth-order valence-electron chi connectivity index (χ4n) is 3.96. The van der Waals surface area contributed by atoms with Crippen molar-refractivity contribution >= 4 is 5.91 Å². The van der Waals surface area contributed by atoms with Gasteiger partial charge in [0.05, 0.1) is 24.3 Å². The Morgan fingerprint density at radius 2 is 1.54 bits per heavy atom. The molecule has 4 aromatic rings. The predicted octanol–water partition coefficient (Wildman–Crippen LogP) is 5.86. The van der Waals surface area contributed by atoms with Gasteiger partial charge in [0.2, 0.25) is 5.91 Å². The minimum atomic E-state index is -0.285. The van der Waals surface area contributed by atoms with Gasteiger partial charge in [-0.25, -0.2) is 9.37 Å². The van der Waals surface area contributed by atoms with Crippen molar-refractivity contribution < 1.29 is 13.9 Å². The summed E-state index contributed by atoms with van der Waals surface area (Å²) >= 11 is 0. The highest BCUT2D eigenvalue weighted by Gasteiger charge is 2.14. The van der Waals surface area contributed by atoms with Crippen LogP contribution in [0.15, 0.2) is 91.3 Å². The maximum absolute atomic E-state index is 12.9. The third-order valence-corrected chi connectivity index (χ3v) is 5.75. The molecule has 0 fully saturated rings. The Morgan fingerprint density at radius 1 is 0.857 bits per heavy atom. The molecule has 1 heterocycles. The fraction of sp³-hybridized carbons (Fsp3) is 0.241. The van der Waals surface area contributed by atoms with Gasteiger partial charge >= 0.3 is 0 Å². The van der Waals surface area contributed by atoms with Crippen LogP contribution >= 0.6 is 0 Å². The zero-order chi connectivity index (χ0) is 24.3. The van der Waals surface area contributed by atoms with Gasteiger partial charge in [-0.1, -0.05) is 72.8 Å². The minimum Gasteiger partial charge on any atom is -0.367 e. The first kappa shape index (κ1) is 24.4. The maximum atomic E-state index is 12.9. The molecule has 0 saturated carbocycles. The summed E-state index contributed by atoms with van der Waals surface area (Å²) < 4.78 is 20.5. The Kier molecular flexibility index (Phi) is 8.79. The molecule has 1 N–H and O–H groups in total. The third-order valence-electron chi connectivity index (χ3n) is 5.75. The molecule has 0 radical (unpaired) electrons. The number of aromatic nitrogens is 2. The van der Waals surface area contributed by atoms with Crippen molar-refractivity contribution in [1.29, 1.82) is 0 Å². The summed E-state index contributed by atoms with van der Waals surface area (Å²) in [5, 5.41) is 2.90. The van der Waals surface area contributed by atoms with E-state index in [0.29, 0.717) is 6.54 Å². The number of halogens is 1. The molecule has 0 aliphatic rings. The Morgan fingerprint density at radius 3 is 2.26 bits per heavy atom. The Hall–Kier alpha value is -3.77. The molecule has 0 unspecified atom stereocenters. The number of unbranched alkanes of at least 4 members (excludes halogenated alkanes) is 2. The molecule has 1 aromatic heterocycles. The number of nitrogens with zero attached hydrogens (tertiary/aromatic N) is 2. The summed E-state index contributed by atoms with van der Waals surface area (Å²) in [5.74, 6) is -0.423. The zero-order valence-electron chi connectivity index (χ0n) is 19.7. The van der Waals surface area contributed by atoms with E-state index in [1.165, 1.54) is 12.1 Å². The third kappa shape index (κ3) is 7.11. The number of amides is 1. The van der Waals surface area contributed by atoms with Gasteiger partial charge in [-0.3, -0.25) is 4.79 Å². The van der Waals surface area contributed by atoms with Crippen LogP contribution in [0.3, 0.4) is 0 Å². The van der Waals surface area contributed by atoms with Crippen molar-refractivity contribution in [3.8, 4) is 22.5 Å². The standard InChI is InChI=1S/C29H30FN3O2/c30-26-16-14-23(15-17-26)20-35-21-27(34)31-18-8-3-9-19-33-22-32-28(24-10-4-1-5-11-24)29(33)25-12-6-2-7-13-25/h1-2,4-7,10-17,22H,3,8-9,18-21H2,(H,31,34). The number of ether oxygens (including phenoxy) is 1. The van der Waals surface area contributed by atoms with Crippen LogP contribution in [-0.4, -0.2) is 28.6 Å². The van der Waals surface area contributed by atoms with Gasteiger partial charge in [-0.2, -0.15) is 0 Å². The maximum Gasteiger partial charge on any atom is 0.246 e. The van der Waals surface area contributed by atoms with E-state index in [1.807, 2.05) is 42.7 Å². The van der Waals surface area contributed by atoms with Gasteiger partial charge in [0.15, 0.2) is 0 Å². The van der Waals surface area contributed by atoms with E-state index in [0.717, 1.165) is 53.9 Å². The van der Waals surface area contributed by atoms with Gasteiger partial charge in [-0.15, -0.1) is 0 Å². The Labute approximate surface area is 205 Å². The molecule has 0 saturated heterocycles. The first-order valence-corrected chi connectivity index (χ1v) is 12.0. The van der Waals surface area contributed by atoms with E-state index in [-0.39, 0.29) is 24.9 Å². The largest absolute Gasteiger partial charge is 0.367 e. The lowest BCUT2D eigenvalue weighted by Gasteiger charge is -2.11. The van der Waals surface area contributed by atoms with Crippen molar-refractivity contribution in [2.75, 3.05) is 13.2 Å². The van der Waals surface area contributed by atoms with Crippen LogP contribution in [0, 0.1) is 5.82 Å². The van der Waals surface area contributed by atoms with Crippen molar-refractivity contribution in [2.24, 2.45) is 0 Å². The fourth-order valence-corrected chi connectivity index (χ4v) is 3.96. The first-order valence-electron chi connectivity index (χ1n) is 12.0. The molecule has 4 rings (SSSR count). The molecule has 6 heteroatoms. The number of benzene rings is 3. The predicted molar refractivity (Wildman–Crippen MR) is 136 cm³/mol. The second-order valence-corrected chi connectivity index (χ2v) is 8.40. The Bertz CT molecular complexity index is 1190. The number of imidazole rings is 1. The number of hydrogen-bond donors (Lipinski definition) is 1. The van der Waals surface area contributed by atoms with Crippen molar-refractivity contribution in [1.82, 2.24) is 14.9 Å². The van der Waals surface area contributed by atoms with Crippen molar-refractivity contribution in [3.05, 3.63) is 103 Å². The van der Waals surface area contributed by atoms with E-state index in [1.54, 1.807) is 12.1 Å². The molecule has 3 aromatic carbocycles. The molecular weight excluding hydrogens is 441 g/mol. The normalized spacial score (nSPS) is 10.9. The smallest absolute Gasteiger partial charge is 0.246 e. The van der Waals surface area contributed by atoms with Gasteiger partial charge in [-0.05, 0) is 37.0 Å². The second kappa shape index (κ2) is 12.6. The van der Waals surface area contributed by atoms with Crippen LogP contribution in [0.1, 0.15) is 24.8 Å². The van der Waals surface area contributed by atoms with Crippen molar-refractivity contribution in [2.45, 2.75) is 32.4 Å². The highest BCUT2D eigenvalue weighted by atomic mass is 19.1. The molecule has 0 aliphatic heterocycles. The summed E-state index contributed by atoms with van der Waals surface area (Å²) in [6, 6.07) is 26.7. The Balaban J connectivity index is 1.21. The van der Waals surface area contributed by atoms with E-state index >= 15 is 0 Å². The highest BCUT2D eigenvalue weighted by Crippen LogP contribution is 2.31. The molecule has 0 atom stereocenters. The van der Waals surface area contributed by atoms with Crippen LogP contribution in [-0.2, 0) is 22.7 Å². The number of aryl methyl sites for hydroxylation is 1. The topological polar surface area (TPSA) is 56.1 Å². The lowest BCUT2D eigenvalue weighted by atomic mass is 10.0. The van der Waals surface area contributed by atoms with Gasteiger partial charge in [0, 0.05) is 24.2 Å². The monoisotopic (exact) mass is 471 g/mol. The molecule has 5 nitrogen and oxygen atoms in total. The van der Waals surface area contributed by atoms with Crippen molar-refractivity contribution in [3.63, 3.8) is 0 Å². The average Bonchev–Trinajstić information content (AvgIpc) is 3.32. The molecular formula is C29H30FN3O2. The average molecular weight is 472 g/mol. The van der Waals surface area contributed by atoms with Crippen LogP contribution in [0.2, 0.25) is 0 Å². The number of nitrogens with one attached hydrogen (secondary N) is 1. The lowest BCUT2D eigenvalue weighted by molar-refractivity contribution is -0.126. The van der Waals surface area contributed by atoms with E-state index in [9.17, 15) is 9.18 Å². The zero-order valence-corrected chi connectivity index (χ0v) is 19.7. The number of carbonyl (C=O) groups excluding carboxylic acids is 1. The quantitative estimate of drug-likeness (QED) is 0.263. The lowest BCUT2D eigenvalue weighted by Crippen LogP contribution is -2.28. The molecule has 0 spiro atoms. The number of carbonyl (C=O) groups is 1. The summed E-state index contributed by atoms with van der Waals surface area (Å²) in [4.78, 5) is 16.7. The van der Waals surface area contributed by atoms with Gasteiger partial charge < -0.3 is 14.6 Å². The number of hydrogen-bond acceptors (Lipinski definition) is 3. The highest BCUT2D eigenvalue weighted by molar-refractivity contribution is 5.78. The van der Waals surface area contributed by atoms with Gasteiger partial charge in [0.1, 0.15) is 12.4 Å². The summed E-state index contributed by atoms with van der Waals surface area (Å²) in [6.45, 7) is 1.75. The second-order valence-electron chi connectivity index (χ2n) is 8.40. The van der Waals surface area contributed by atoms with Crippen LogP contribution < -0.4 is 5.32 Å². The SMILES string of the molecule is O=C(COCc1ccc(F)cc1)NCCCCCn1cnc(-c2ccccc2)c1-c1ccccc1. The molecule has 0 bridgehead atoms. The van der Waals surface area contributed by atoms with E-state index in [2.05, 4.69) is 34.1 Å². The molecule has 35 heavy (non-hydrogen) atoms. The van der Waals surface area contributed by atoms with Crippen LogP contribution in [0.25, 0.3) is 22.5 Å². The number of rotatable bonds is 12. The summed E-state index contributed by atoms with van der Waals surface area (Å²) in [5.41, 5.74) is 5.21. The molecule has 0 aliphatic carbocycles. The summed E-state index contributed by atoms with van der Waals surface area (Å²) in [7, 11) is 0. The molecule has 180 valence electrons. The minimum absolute atomic E-state index is 0.00485. The molecule has 1 amide bonds. The van der Waals surface area contributed by atoms with Crippen LogP contribution in [0.5, 0.6) is 0 Å². The van der Waals surface area contributed by atoms with Crippen LogP contribution in [0.4, 0.5) is 4.39 Å². The van der Waals surface area contributed by atoms with E-state index < -0.39 is 0 Å². The summed E-state index contributed by atoms with van der Waals surface area (Å²) in [6.07, 6.45) is 4.79. The van der Waals surface area contributed by atoms with Gasteiger partial charge in [0.25, 0.3) is 0 Å².